The van der Waals surface area contributed by atoms with Crippen molar-refractivity contribution in [3.05, 3.63) is 28.0 Å². The largest absolute Gasteiger partial charge is 0.507 e. The normalized spacial score (nSPS) is 10.1. The van der Waals surface area contributed by atoms with Crippen LogP contribution < -0.4 is 5.73 Å². The van der Waals surface area contributed by atoms with Crippen molar-refractivity contribution < 1.29 is 9.50 Å². The van der Waals surface area contributed by atoms with Crippen molar-refractivity contribution in [2.45, 2.75) is 6.54 Å². The zero-order valence-electron chi connectivity index (χ0n) is 5.64. The molecule has 0 radical (unpaired) electrons. The first-order valence-electron chi connectivity index (χ1n) is 3.02. The highest BCUT2D eigenvalue weighted by atomic mass is 79.9. The number of aromatic hydroxyl groups is 1. The molecule has 4 heteroatoms. The monoisotopic (exact) mass is 219 g/mol. The summed E-state index contributed by atoms with van der Waals surface area (Å²) in [7, 11) is 0. The molecule has 1 rings (SSSR count). The van der Waals surface area contributed by atoms with E-state index in [9.17, 15) is 4.39 Å². The molecular formula is C7H7BrFNO. The lowest BCUT2D eigenvalue weighted by Crippen LogP contribution is -1.98. The van der Waals surface area contributed by atoms with Gasteiger partial charge in [-0.05, 0) is 6.07 Å². The molecule has 3 N–H and O–H groups in total. The highest BCUT2D eigenvalue weighted by Crippen LogP contribution is 2.26. The Kier molecular flexibility index (Phi) is 2.46. The number of hydrogen-bond acceptors (Lipinski definition) is 2. The first-order chi connectivity index (χ1) is 5.15. The summed E-state index contributed by atoms with van der Waals surface area (Å²) < 4.78 is 13.0. The summed E-state index contributed by atoms with van der Waals surface area (Å²) >= 11 is 3.08. The Balaban J connectivity index is 3.25. The molecule has 11 heavy (non-hydrogen) atoms. The summed E-state index contributed by atoms with van der Waals surface area (Å²) in [5.41, 5.74) is 5.81. The molecule has 0 saturated heterocycles. The van der Waals surface area contributed by atoms with Gasteiger partial charge in [-0.3, -0.25) is 0 Å². The minimum absolute atomic E-state index is 0.112. The van der Waals surface area contributed by atoms with Crippen LogP contribution >= 0.6 is 15.9 Å². The number of benzene rings is 1. The minimum Gasteiger partial charge on any atom is -0.507 e. The van der Waals surface area contributed by atoms with Gasteiger partial charge in [0.25, 0.3) is 0 Å². The van der Waals surface area contributed by atoms with E-state index in [0.717, 1.165) is 6.07 Å². The predicted octanol–water partition coefficient (Wildman–Crippen LogP) is 1.75. The molecule has 0 spiro atoms. The van der Waals surface area contributed by atoms with Gasteiger partial charge in [-0.25, -0.2) is 4.39 Å². The van der Waals surface area contributed by atoms with E-state index >= 15 is 0 Å². The van der Waals surface area contributed by atoms with E-state index in [4.69, 9.17) is 10.8 Å². The van der Waals surface area contributed by atoms with Crippen LogP contribution in [0, 0.1) is 5.82 Å². The standard InChI is InChI=1S/C7H7BrFNO/c8-6-1-4(9)2-7(11)5(6)3-10/h1-2,11H,3,10H2. The van der Waals surface area contributed by atoms with Gasteiger partial charge in [0.1, 0.15) is 11.6 Å². The van der Waals surface area contributed by atoms with E-state index in [2.05, 4.69) is 15.9 Å². The maximum absolute atomic E-state index is 12.5. The number of phenols is 1. The fourth-order valence-corrected chi connectivity index (χ4v) is 1.38. The third kappa shape index (κ3) is 1.70. The highest BCUT2D eigenvalue weighted by molar-refractivity contribution is 9.10. The van der Waals surface area contributed by atoms with Crippen LogP contribution in [-0.4, -0.2) is 5.11 Å². The average Bonchev–Trinajstić information content (AvgIpc) is 1.85. The first kappa shape index (κ1) is 8.49. The van der Waals surface area contributed by atoms with E-state index in [0.29, 0.717) is 10.0 Å². The predicted molar refractivity (Wildman–Crippen MR) is 43.7 cm³/mol. The molecule has 0 aliphatic rings. The van der Waals surface area contributed by atoms with Crippen molar-refractivity contribution in [3.63, 3.8) is 0 Å². The van der Waals surface area contributed by atoms with Gasteiger partial charge in [-0.15, -0.1) is 0 Å². The van der Waals surface area contributed by atoms with E-state index in [1.807, 2.05) is 0 Å². The molecule has 0 amide bonds. The maximum Gasteiger partial charge on any atom is 0.128 e. The topological polar surface area (TPSA) is 46.2 Å². The molecule has 1 aromatic carbocycles. The number of hydrogen-bond donors (Lipinski definition) is 2. The first-order valence-corrected chi connectivity index (χ1v) is 3.81. The Hall–Kier alpha value is -0.610. The molecule has 0 bridgehead atoms. The third-order valence-electron chi connectivity index (χ3n) is 1.34. The van der Waals surface area contributed by atoms with Crippen molar-refractivity contribution >= 4 is 15.9 Å². The molecule has 2 nitrogen and oxygen atoms in total. The lowest BCUT2D eigenvalue weighted by atomic mass is 10.2. The summed E-state index contributed by atoms with van der Waals surface area (Å²) in [5.74, 6) is -0.592. The van der Waals surface area contributed by atoms with Crippen LogP contribution in [0.5, 0.6) is 5.75 Å². The molecule has 0 unspecified atom stereocenters. The molecule has 0 fully saturated rings. The number of rotatable bonds is 1. The SMILES string of the molecule is NCc1c(O)cc(F)cc1Br. The van der Waals surface area contributed by atoms with E-state index in [1.54, 1.807) is 0 Å². The van der Waals surface area contributed by atoms with E-state index in [1.165, 1.54) is 6.07 Å². The van der Waals surface area contributed by atoms with Crippen molar-refractivity contribution in [2.75, 3.05) is 0 Å². The molecule has 0 atom stereocenters. The molecule has 60 valence electrons. The smallest absolute Gasteiger partial charge is 0.128 e. The molecule has 0 aromatic heterocycles. The summed E-state index contributed by atoms with van der Waals surface area (Å²) in [6.07, 6.45) is 0. The Morgan fingerprint density at radius 2 is 2.18 bits per heavy atom. The second kappa shape index (κ2) is 3.19. The van der Waals surface area contributed by atoms with Gasteiger partial charge in [0.05, 0.1) is 0 Å². The van der Waals surface area contributed by atoms with Crippen molar-refractivity contribution in [3.8, 4) is 5.75 Å². The number of nitrogens with two attached hydrogens (primary N) is 1. The Morgan fingerprint density at radius 3 is 2.64 bits per heavy atom. The van der Waals surface area contributed by atoms with Crippen molar-refractivity contribution in [1.29, 1.82) is 0 Å². The van der Waals surface area contributed by atoms with Crippen LogP contribution in [0.2, 0.25) is 0 Å². The van der Waals surface area contributed by atoms with Crippen molar-refractivity contribution in [1.82, 2.24) is 0 Å². The fourth-order valence-electron chi connectivity index (χ4n) is 0.792. The molecule has 0 aliphatic carbocycles. The van der Waals surface area contributed by atoms with Gasteiger partial charge in [0.2, 0.25) is 0 Å². The van der Waals surface area contributed by atoms with Gasteiger partial charge in [-0.2, -0.15) is 0 Å². The summed E-state index contributed by atoms with van der Waals surface area (Å²) in [5, 5.41) is 9.12. The number of phenolic OH excluding ortho intramolecular Hbond substituents is 1. The number of halogens is 2. The van der Waals surface area contributed by atoms with Crippen LogP contribution in [0.3, 0.4) is 0 Å². The molecule has 0 saturated carbocycles. The van der Waals surface area contributed by atoms with Gasteiger partial charge < -0.3 is 10.8 Å². The summed E-state index contributed by atoms with van der Waals surface area (Å²) in [4.78, 5) is 0. The van der Waals surface area contributed by atoms with Gasteiger partial charge >= 0.3 is 0 Å². The van der Waals surface area contributed by atoms with Crippen molar-refractivity contribution in [2.24, 2.45) is 5.73 Å². The Labute approximate surface area is 72.0 Å². The molecule has 0 heterocycles. The van der Waals surface area contributed by atoms with Crippen LogP contribution in [-0.2, 0) is 6.54 Å². The van der Waals surface area contributed by atoms with E-state index in [-0.39, 0.29) is 12.3 Å². The highest BCUT2D eigenvalue weighted by Gasteiger charge is 2.05. The fraction of sp³-hybridized carbons (Fsp3) is 0.143. The van der Waals surface area contributed by atoms with Crippen LogP contribution in [0.1, 0.15) is 5.56 Å². The van der Waals surface area contributed by atoms with Crippen LogP contribution in [0.25, 0.3) is 0 Å². The lowest BCUT2D eigenvalue weighted by molar-refractivity contribution is 0.461. The quantitative estimate of drug-likeness (QED) is 0.757. The zero-order valence-corrected chi connectivity index (χ0v) is 7.23. The second-order valence-electron chi connectivity index (χ2n) is 2.09. The molecule has 0 aliphatic heterocycles. The van der Waals surface area contributed by atoms with Crippen LogP contribution in [0.4, 0.5) is 4.39 Å². The minimum atomic E-state index is -0.480. The van der Waals surface area contributed by atoms with Gasteiger partial charge in [0, 0.05) is 22.6 Å². The van der Waals surface area contributed by atoms with Gasteiger partial charge in [0.15, 0.2) is 0 Å². The molecular weight excluding hydrogens is 213 g/mol. The summed E-state index contributed by atoms with van der Waals surface area (Å²) in [6.45, 7) is 0.187. The average molecular weight is 220 g/mol. The maximum atomic E-state index is 12.5. The second-order valence-corrected chi connectivity index (χ2v) is 2.94. The summed E-state index contributed by atoms with van der Waals surface area (Å²) in [6, 6.07) is 2.30. The van der Waals surface area contributed by atoms with Crippen LogP contribution in [0.15, 0.2) is 16.6 Å². The lowest BCUT2D eigenvalue weighted by Gasteiger charge is -2.03. The van der Waals surface area contributed by atoms with E-state index < -0.39 is 5.82 Å². The van der Waals surface area contributed by atoms with Gasteiger partial charge in [-0.1, -0.05) is 15.9 Å². The zero-order chi connectivity index (χ0) is 8.43. The Morgan fingerprint density at radius 1 is 1.55 bits per heavy atom. The molecule has 1 aromatic rings. The third-order valence-corrected chi connectivity index (χ3v) is 2.05. The Bertz CT molecular complexity index is 254.